The second kappa shape index (κ2) is 5.16. The summed E-state index contributed by atoms with van der Waals surface area (Å²) in [5.74, 6) is 1.36. The molecule has 1 aliphatic rings. The summed E-state index contributed by atoms with van der Waals surface area (Å²) in [6.07, 6.45) is 0. The zero-order valence-electron chi connectivity index (χ0n) is 10.5. The molecule has 0 aromatic heterocycles. The maximum absolute atomic E-state index is 12.1. The number of nitrogens with one attached hydrogen (secondary N) is 1. The number of rotatable bonds is 3. The van der Waals surface area contributed by atoms with Crippen molar-refractivity contribution in [1.29, 1.82) is 0 Å². The van der Waals surface area contributed by atoms with Crippen LogP contribution in [-0.2, 0) is 9.84 Å². The highest BCUT2D eigenvalue weighted by atomic mass is 32.2. The predicted octanol–water partition coefficient (Wildman–Crippen LogP) is 0.763. The second-order valence-corrected chi connectivity index (χ2v) is 6.47. The molecule has 100 valence electrons. The third kappa shape index (κ3) is 2.44. The number of sulfone groups is 1. The van der Waals surface area contributed by atoms with Crippen molar-refractivity contribution in [2.45, 2.75) is 5.25 Å². The van der Waals surface area contributed by atoms with E-state index in [1.165, 1.54) is 7.11 Å². The highest BCUT2D eigenvalue weighted by molar-refractivity contribution is 7.91. The Morgan fingerprint density at radius 3 is 2.67 bits per heavy atom. The zero-order valence-corrected chi connectivity index (χ0v) is 11.3. The lowest BCUT2D eigenvalue weighted by molar-refractivity contribution is 0.389. The summed E-state index contributed by atoms with van der Waals surface area (Å²) in [6.45, 7) is 0.933. The number of hydrogen-bond acceptors (Lipinski definition) is 5. The molecular formula is C12H17NO4S. The smallest absolute Gasteiger partial charge is 0.159 e. The van der Waals surface area contributed by atoms with Crippen molar-refractivity contribution in [3.63, 3.8) is 0 Å². The molecule has 1 aromatic rings. The fourth-order valence-electron chi connectivity index (χ4n) is 2.10. The minimum atomic E-state index is -3.11. The van der Waals surface area contributed by atoms with Crippen molar-refractivity contribution in [3.05, 3.63) is 23.8 Å². The van der Waals surface area contributed by atoms with Gasteiger partial charge in [0.2, 0.25) is 0 Å². The Morgan fingerprint density at radius 2 is 2.06 bits per heavy atom. The van der Waals surface area contributed by atoms with Gasteiger partial charge in [0.05, 0.1) is 20.0 Å². The topological polar surface area (TPSA) is 64.6 Å². The van der Waals surface area contributed by atoms with Gasteiger partial charge in [-0.3, -0.25) is 0 Å². The summed E-state index contributed by atoms with van der Waals surface area (Å²) >= 11 is 0. The van der Waals surface area contributed by atoms with E-state index in [0.29, 0.717) is 30.2 Å². The lowest BCUT2D eigenvalue weighted by Gasteiger charge is -2.25. The Labute approximate surface area is 107 Å². The Morgan fingerprint density at radius 1 is 1.28 bits per heavy atom. The first-order valence-corrected chi connectivity index (χ1v) is 7.44. The Balaban J connectivity index is 2.43. The molecule has 1 aromatic carbocycles. The number of ether oxygens (including phenoxy) is 2. The minimum absolute atomic E-state index is 0.160. The minimum Gasteiger partial charge on any atom is -0.497 e. The van der Waals surface area contributed by atoms with Crippen LogP contribution in [0.5, 0.6) is 11.5 Å². The molecule has 0 spiro atoms. The normalized spacial score (nSPS) is 22.4. The molecule has 1 unspecified atom stereocenters. The predicted molar refractivity (Wildman–Crippen MR) is 68.9 cm³/mol. The summed E-state index contributed by atoms with van der Waals surface area (Å²) in [4.78, 5) is 0. The number of hydrogen-bond donors (Lipinski definition) is 1. The van der Waals surface area contributed by atoms with Crippen molar-refractivity contribution in [3.8, 4) is 11.5 Å². The molecule has 0 amide bonds. The lowest BCUT2D eigenvalue weighted by atomic mass is 10.1. The maximum atomic E-state index is 12.1. The highest BCUT2D eigenvalue weighted by Crippen LogP contribution is 2.34. The van der Waals surface area contributed by atoms with Gasteiger partial charge in [-0.05, 0) is 6.07 Å². The third-order valence-electron chi connectivity index (χ3n) is 3.11. The average molecular weight is 271 g/mol. The lowest BCUT2D eigenvalue weighted by Crippen LogP contribution is -2.38. The summed E-state index contributed by atoms with van der Waals surface area (Å²) < 4.78 is 34.5. The standard InChI is InChI=1S/C12H17NO4S/c1-16-9-3-4-10(11(7-9)17-2)12-8-13-5-6-18(12,14)15/h3-4,7,12-13H,5-6,8H2,1-2H3. The molecule has 1 saturated heterocycles. The van der Waals surface area contributed by atoms with Crippen molar-refractivity contribution < 1.29 is 17.9 Å². The summed E-state index contributed by atoms with van der Waals surface area (Å²) in [6, 6.07) is 5.22. The molecule has 2 rings (SSSR count). The molecule has 0 radical (unpaired) electrons. The first-order valence-electron chi connectivity index (χ1n) is 5.72. The highest BCUT2D eigenvalue weighted by Gasteiger charge is 2.32. The van der Waals surface area contributed by atoms with Gasteiger partial charge >= 0.3 is 0 Å². The number of methoxy groups -OCH3 is 2. The summed E-state index contributed by atoms with van der Waals surface area (Å²) in [5, 5.41) is 2.55. The summed E-state index contributed by atoms with van der Waals surface area (Å²) in [7, 11) is -0.0203. The van der Waals surface area contributed by atoms with Crippen LogP contribution in [0.4, 0.5) is 0 Å². The van der Waals surface area contributed by atoms with Gasteiger partial charge in [0, 0.05) is 24.7 Å². The van der Waals surface area contributed by atoms with E-state index in [-0.39, 0.29) is 5.75 Å². The van der Waals surface area contributed by atoms with Gasteiger partial charge in [0.25, 0.3) is 0 Å². The first-order chi connectivity index (χ1) is 8.58. The van der Waals surface area contributed by atoms with Crippen molar-refractivity contribution in [2.24, 2.45) is 0 Å². The molecule has 0 bridgehead atoms. The Kier molecular flexibility index (Phi) is 3.77. The van der Waals surface area contributed by atoms with Crippen LogP contribution in [0.3, 0.4) is 0 Å². The van der Waals surface area contributed by atoms with Gasteiger partial charge in [-0.2, -0.15) is 0 Å². The van der Waals surface area contributed by atoms with Crippen LogP contribution in [0.1, 0.15) is 10.8 Å². The van der Waals surface area contributed by atoms with E-state index >= 15 is 0 Å². The molecule has 6 heteroatoms. The van der Waals surface area contributed by atoms with Gasteiger partial charge in [0.15, 0.2) is 9.84 Å². The van der Waals surface area contributed by atoms with Gasteiger partial charge < -0.3 is 14.8 Å². The van der Waals surface area contributed by atoms with E-state index in [1.807, 2.05) is 0 Å². The van der Waals surface area contributed by atoms with E-state index < -0.39 is 15.1 Å². The van der Waals surface area contributed by atoms with Crippen LogP contribution in [0.15, 0.2) is 18.2 Å². The third-order valence-corrected chi connectivity index (χ3v) is 5.17. The average Bonchev–Trinajstić information content (AvgIpc) is 2.37. The molecule has 1 atom stereocenters. The molecule has 1 aliphatic heterocycles. The fraction of sp³-hybridized carbons (Fsp3) is 0.500. The summed E-state index contributed by atoms with van der Waals surface area (Å²) in [5.41, 5.74) is 0.686. The Hall–Kier alpha value is -1.27. The SMILES string of the molecule is COc1ccc(C2CNCCS2(=O)=O)c(OC)c1. The van der Waals surface area contributed by atoms with E-state index in [0.717, 1.165) is 0 Å². The van der Waals surface area contributed by atoms with Gasteiger partial charge in [-0.15, -0.1) is 0 Å². The fourth-order valence-corrected chi connectivity index (χ4v) is 3.77. The van der Waals surface area contributed by atoms with Crippen LogP contribution in [0.2, 0.25) is 0 Å². The molecule has 5 nitrogen and oxygen atoms in total. The van der Waals surface area contributed by atoms with E-state index in [9.17, 15) is 8.42 Å². The van der Waals surface area contributed by atoms with Gasteiger partial charge in [-0.25, -0.2) is 8.42 Å². The zero-order chi connectivity index (χ0) is 13.2. The van der Waals surface area contributed by atoms with E-state index in [4.69, 9.17) is 9.47 Å². The van der Waals surface area contributed by atoms with Gasteiger partial charge in [0.1, 0.15) is 16.7 Å². The molecule has 1 fully saturated rings. The van der Waals surface area contributed by atoms with Gasteiger partial charge in [-0.1, -0.05) is 6.07 Å². The molecule has 0 saturated carbocycles. The molecular weight excluding hydrogens is 254 g/mol. The van der Waals surface area contributed by atoms with Crippen molar-refractivity contribution in [1.82, 2.24) is 5.32 Å². The van der Waals surface area contributed by atoms with Crippen LogP contribution < -0.4 is 14.8 Å². The van der Waals surface area contributed by atoms with E-state index in [1.54, 1.807) is 25.3 Å². The van der Waals surface area contributed by atoms with Crippen LogP contribution in [-0.4, -0.2) is 41.5 Å². The quantitative estimate of drug-likeness (QED) is 0.879. The van der Waals surface area contributed by atoms with Crippen LogP contribution in [0, 0.1) is 0 Å². The number of benzene rings is 1. The Bertz CT molecular complexity index is 527. The molecule has 1 N–H and O–H groups in total. The molecule has 18 heavy (non-hydrogen) atoms. The van der Waals surface area contributed by atoms with Crippen molar-refractivity contribution >= 4 is 9.84 Å². The first kappa shape index (κ1) is 13.2. The molecule has 0 aliphatic carbocycles. The van der Waals surface area contributed by atoms with Crippen LogP contribution in [0.25, 0.3) is 0 Å². The van der Waals surface area contributed by atoms with E-state index in [2.05, 4.69) is 5.32 Å². The largest absolute Gasteiger partial charge is 0.497 e. The molecule has 1 heterocycles. The van der Waals surface area contributed by atoms with Crippen LogP contribution >= 0.6 is 0 Å². The monoisotopic (exact) mass is 271 g/mol. The maximum Gasteiger partial charge on any atom is 0.159 e. The second-order valence-electron chi connectivity index (χ2n) is 4.17. The van der Waals surface area contributed by atoms with Crippen molar-refractivity contribution in [2.75, 3.05) is 33.1 Å².